The fraction of sp³-hybridized carbons (Fsp3) is 0.316. The van der Waals surface area contributed by atoms with E-state index in [1.165, 1.54) is 12.1 Å². The van der Waals surface area contributed by atoms with Crippen LogP contribution in [-0.2, 0) is 14.6 Å². The Morgan fingerprint density at radius 2 is 2.03 bits per heavy atom. The van der Waals surface area contributed by atoms with Crippen molar-refractivity contribution in [3.05, 3.63) is 56.2 Å². The molecule has 1 amide bonds. The van der Waals surface area contributed by atoms with Crippen LogP contribution in [0.25, 0.3) is 0 Å². The highest BCUT2D eigenvalue weighted by Gasteiger charge is 2.34. The van der Waals surface area contributed by atoms with Crippen LogP contribution in [0, 0.1) is 11.7 Å². The number of carbonyl (C=O) groups is 2. The summed E-state index contributed by atoms with van der Waals surface area (Å²) >= 11 is 3.07. The zero-order valence-corrected chi connectivity index (χ0v) is 19.0. The predicted molar refractivity (Wildman–Crippen MR) is 115 cm³/mol. The van der Waals surface area contributed by atoms with Gasteiger partial charge in [0.15, 0.2) is 9.84 Å². The van der Waals surface area contributed by atoms with Gasteiger partial charge in [-0.2, -0.15) is 0 Å². The Morgan fingerprint density at radius 3 is 2.56 bits per heavy atom. The second-order valence-corrected chi connectivity index (χ2v) is 10.3. The van der Waals surface area contributed by atoms with Gasteiger partial charge in [-0.05, 0) is 37.0 Å². The molecule has 1 unspecified atom stereocenters. The second kappa shape index (κ2) is 8.98. The molecule has 0 radical (unpaired) electrons. The van der Waals surface area contributed by atoms with Crippen LogP contribution in [0.2, 0.25) is 0 Å². The van der Waals surface area contributed by atoms with Gasteiger partial charge in [-0.3, -0.25) is 4.79 Å². The Labute approximate surface area is 189 Å². The largest absolute Gasteiger partial charge is 0.462 e. The third-order valence-corrected chi connectivity index (χ3v) is 6.12. The molecular formula is C19H18BrF2N3O6S. The Bertz CT molecular complexity index is 1260. The number of anilines is 2. The van der Waals surface area contributed by atoms with Gasteiger partial charge in [-0.15, -0.1) is 0 Å². The third-order valence-electron chi connectivity index (χ3n) is 4.64. The number of halogens is 3. The molecule has 9 nitrogen and oxygen atoms in total. The molecule has 32 heavy (non-hydrogen) atoms. The smallest absolute Gasteiger partial charge is 0.341 e. The van der Waals surface area contributed by atoms with Gasteiger partial charge in [0.05, 0.1) is 23.5 Å². The van der Waals surface area contributed by atoms with Crippen molar-refractivity contribution in [2.24, 2.45) is 11.7 Å². The van der Waals surface area contributed by atoms with Gasteiger partial charge in [0.25, 0.3) is 5.56 Å². The molecule has 0 saturated heterocycles. The molecule has 3 rings (SSSR count). The second-order valence-electron chi connectivity index (χ2n) is 7.28. The monoisotopic (exact) mass is 533 g/mol. The normalized spacial score (nSPS) is 14.6. The van der Waals surface area contributed by atoms with Crippen LogP contribution in [0.4, 0.5) is 25.0 Å². The molecule has 1 saturated carbocycles. The Kier molecular flexibility index (Phi) is 6.69. The molecule has 2 aromatic rings. The Hall–Kier alpha value is -2.80. The molecule has 1 atom stereocenters. The molecule has 1 fully saturated rings. The summed E-state index contributed by atoms with van der Waals surface area (Å²) < 4.78 is 59.0. The van der Waals surface area contributed by atoms with Gasteiger partial charge in [-0.25, -0.2) is 31.4 Å². The lowest BCUT2D eigenvalue weighted by Gasteiger charge is -2.19. The fourth-order valence-corrected chi connectivity index (χ4v) is 3.77. The zero-order valence-electron chi connectivity index (χ0n) is 16.6. The fourth-order valence-electron chi connectivity index (χ4n) is 2.79. The number of hydrogen-bond acceptors (Lipinski definition) is 7. The van der Waals surface area contributed by atoms with Crippen molar-refractivity contribution < 1.29 is 31.5 Å². The zero-order chi connectivity index (χ0) is 23.8. The van der Waals surface area contributed by atoms with Crippen LogP contribution < -0.4 is 16.6 Å². The number of ether oxygens (including phenoxy) is 1. The van der Waals surface area contributed by atoms with Crippen molar-refractivity contribution in [3.63, 3.8) is 0 Å². The minimum absolute atomic E-state index is 0.0288. The molecule has 1 aromatic carbocycles. The summed E-state index contributed by atoms with van der Waals surface area (Å²) in [5.74, 6) is -1.78. The number of nitrogens with zero attached hydrogens (tertiary/aromatic N) is 1. The van der Waals surface area contributed by atoms with Gasteiger partial charge in [0, 0.05) is 16.9 Å². The lowest BCUT2D eigenvalue weighted by Crippen LogP contribution is -2.36. The number of alkyl halides is 1. The van der Waals surface area contributed by atoms with Crippen molar-refractivity contribution >= 4 is 49.1 Å². The van der Waals surface area contributed by atoms with E-state index in [9.17, 15) is 31.6 Å². The van der Waals surface area contributed by atoms with Gasteiger partial charge >= 0.3 is 12.0 Å². The highest BCUT2D eigenvalue weighted by molar-refractivity contribution is 9.10. The van der Waals surface area contributed by atoms with Crippen LogP contribution in [0.1, 0.15) is 34.3 Å². The predicted octanol–water partition coefficient (Wildman–Crippen LogP) is 3.00. The van der Waals surface area contributed by atoms with Gasteiger partial charge in [-0.1, -0.05) is 15.9 Å². The van der Waals surface area contributed by atoms with Crippen molar-refractivity contribution in [1.82, 2.24) is 4.57 Å². The van der Waals surface area contributed by atoms with Crippen LogP contribution in [0.5, 0.6) is 0 Å². The van der Waals surface area contributed by atoms with Gasteiger partial charge in [0.1, 0.15) is 11.4 Å². The maximum absolute atomic E-state index is 15.0. The van der Waals surface area contributed by atoms with Crippen molar-refractivity contribution in [2.45, 2.75) is 18.3 Å². The number of esters is 1. The summed E-state index contributed by atoms with van der Waals surface area (Å²) in [7, 11) is -4.54. The molecule has 0 spiro atoms. The van der Waals surface area contributed by atoms with E-state index in [4.69, 9.17) is 10.5 Å². The number of primary amides is 1. The average Bonchev–Trinajstić information content (AvgIpc) is 3.51. The van der Waals surface area contributed by atoms with Crippen molar-refractivity contribution in [2.75, 3.05) is 18.2 Å². The molecule has 0 aliphatic heterocycles. The van der Waals surface area contributed by atoms with E-state index < -0.39 is 55.5 Å². The topological polar surface area (TPSA) is 138 Å². The number of nitrogens with one attached hydrogen (secondary N) is 1. The molecule has 3 N–H and O–H groups in total. The van der Waals surface area contributed by atoms with E-state index in [-0.39, 0.29) is 22.8 Å². The maximum atomic E-state index is 15.0. The molecule has 0 bridgehead atoms. The number of pyridine rings is 1. The van der Waals surface area contributed by atoms with E-state index in [0.29, 0.717) is 16.9 Å². The highest BCUT2D eigenvalue weighted by Crippen LogP contribution is 2.34. The Balaban J connectivity index is 2.26. The summed E-state index contributed by atoms with van der Waals surface area (Å²) in [6, 6.07) is 2.32. The summed E-state index contributed by atoms with van der Waals surface area (Å²) in [6.07, 6.45) is 2.91. The summed E-state index contributed by atoms with van der Waals surface area (Å²) in [5.41, 5.74) is -1.82. The third kappa shape index (κ3) is 5.15. The lowest BCUT2D eigenvalue weighted by molar-refractivity contribution is 0.0486. The number of sulfone groups is 1. The van der Waals surface area contributed by atoms with Crippen LogP contribution in [0.3, 0.4) is 0 Å². The number of carbonyl (C=O) groups excluding carboxylic acids is 2. The molecule has 1 aliphatic carbocycles. The summed E-state index contributed by atoms with van der Waals surface area (Å²) in [5, 5.41) is 2.41. The first kappa shape index (κ1) is 23.9. The lowest BCUT2D eigenvalue weighted by atomic mass is 10.1. The SMILES string of the molecule is CS(=O)(=O)C(F)c1c(Nc2ccc(Br)cc2F)c(C(=O)OCC2CC2)cn(C(N)=O)c1=O. The first-order valence-corrected chi connectivity index (χ1v) is 12.0. The van der Waals surface area contributed by atoms with Crippen LogP contribution >= 0.6 is 15.9 Å². The molecule has 1 aliphatic rings. The highest BCUT2D eigenvalue weighted by atomic mass is 79.9. The van der Waals surface area contributed by atoms with E-state index >= 15 is 0 Å². The number of nitrogens with two attached hydrogens (primary N) is 1. The molecule has 172 valence electrons. The quantitative estimate of drug-likeness (QED) is 0.521. The number of hydrogen-bond donors (Lipinski definition) is 2. The number of aromatic nitrogens is 1. The first-order valence-electron chi connectivity index (χ1n) is 9.21. The molecular weight excluding hydrogens is 516 g/mol. The van der Waals surface area contributed by atoms with Crippen LogP contribution in [0.15, 0.2) is 33.7 Å². The average molecular weight is 534 g/mol. The van der Waals surface area contributed by atoms with Crippen LogP contribution in [-0.4, -0.2) is 37.8 Å². The molecule has 1 heterocycles. The first-order chi connectivity index (χ1) is 14.9. The summed E-state index contributed by atoms with van der Waals surface area (Å²) in [6.45, 7) is 0.0288. The van der Waals surface area contributed by atoms with E-state index in [2.05, 4.69) is 21.2 Å². The molecule has 13 heteroatoms. The Morgan fingerprint density at radius 1 is 1.38 bits per heavy atom. The van der Waals surface area contributed by atoms with E-state index in [0.717, 1.165) is 18.9 Å². The maximum Gasteiger partial charge on any atom is 0.341 e. The minimum Gasteiger partial charge on any atom is -0.462 e. The minimum atomic E-state index is -4.54. The van der Waals surface area contributed by atoms with Gasteiger partial charge < -0.3 is 15.8 Å². The van der Waals surface area contributed by atoms with E-state index in [1.54, 1.807) is 0 Å². The number of rotatable bonds is 7. The van der Waals surface area contributed by atoms with Crippen molar-refractivity contribution in [3.8, 4) is 0 Å². The van der Waals surface area contributed by atoms with E-state index in [1.807, 2.05) is 0 Å². The van der Waals surface area contributed by atoms with Crippen molar-refractivity contribution in [1.29, 1.82) is 0 Å². The molecule has 1 aromatic heterocycles. The number of benzene rings is 1. The van der Waals surface area contributed by atoms with Gasteiger partial charge in [0.2, 0.25) is 5.50 Å². The number of amides is 1. The standard InChI is InChI=1S/C19H18BrF2N3O6S/c1-32(29,30)16(22)14-15(24-13-5-4-10(20)6-12(13)21)11(7-25(17(14)26)19(23)28)18(27)31-8-9-2-3-9/h4-7,9,16,24H,2-3,8H2,1H3,(H2,23,28). The summed E-state index contributed by atoms with van der Waals surface area (Å²) in [4.78, 5) is 37.2.